The lowest BCUT2D eigenvalue weighted by Crippen LogP contribution is -1.97. The Morgan fingerprint density at radius 1 is 1.39 bits per heavy atom. The van der Waals surface area contributed by atoms with Crippen LogP contribution in [0.15, 0.2) is 30.6 Å². The predicted molar refractivity (Wildman–Crippen MR) is 86.6 cm³/mol. The van der Waals surface area contributed by atoms with Gasteiger partial charge in [-0.15, -0.1) is 5.10 Å². The third-order valence-electron chi connectivity index (χ3n) is 3.63. The topological polar surface area (TPSA) is 63.8 Å². The first-order chi connectivity index (χ1) is 11.1. The van der Waals surface area contributed by atoms with Crippen molar-refractivity contribution in [1.29, 1.82) is 0 Å². The van der Waals surface area contributed by atoms with Crippen molar-refractivity contribution in [1.82, 2.24) is 19.4 Å². The number of aromatic nitrogens is 4. The van der Waals surface area contributed by atoms with Gasteiger partial charge in [-0.2, -0.15) is 0 Å². The van der Waals surface area contributed by atoms with Crippen LogP contribution in [0.5, 0.6) is 0 Å². The van der Waals surface area contributed by atoms with E-state index in [2.05, 4.69) is 14.7 Å². The van der Waals surface area contributed by atoms with Crippen LogP contribution in [0.4, 0.5) is 4.39 Å². The van der Waals surface area contributed by atoms with Gasteiger partial charge >= 0.3 is 0 Å². The first-order valence-corrected chi connectivity index (χ1v) is 8.16. The fourth-order valence-electron chi connectivity index (χ4n) is 2.46. The Balaban J connectivity index is 1.98. The lowest BCUT2D eigenvalue weighted by Gasteiger charge is -2.12. The van der Waals surface area contributed by atoms with Crippen LogP contribution in [-0.2, 0) is 13.0 Å². The fraction of sp³-hybridized carbons (Fsp3) is 0.312. The van der Waals surface area contributed by atoms with E-state index < -0.39 is 6.10 Å². The van der Waals surface area contributed by atoms with Crippen molar-refractivity contribution in [3.8, 4) is 10.4 Å². The number of aliphatic hydroxyl groups excluding tert-OH is 1. The number of hydrogen-bond acceptors (Lipinski definition) is 5. The third-order valence-corrected chi connectivity index (χ3v) is 4.51. The van der Waals surface area contributed by atoms with Gasteiger partial charge in [0.15, 0.2) is 0 Å². The van der Waals surface area contributed by atoms with Gasteiger partial charge in [0.2, 0.25) is 0 Å². The lowest BCUT2D eigenvalue weighted by atomic mass is 9.98. The highest BCUT2D eigenvalue weighted by molar-refractivity contribution is 7.09. The molecule has 5 nitrogen and oxygen atoms in total. The maximum Gasteiger partial charge on any atom is 0.123 e. The smallest absolute Gasteiger partial charge is 0.123 e. The van der Waals surface area contributed by atoms with Gasteiger partial charge < -0.3 is 5.11 Å². The van der Waals surface area contributed by atoms with Crippen LogP contribution in [0.1, 0.15) is 36.8 Å². The van der Waals surface area contributed by atoms with Crippen molar-refractivity contribution in [2.45, 2.75) is 32.9 Å². The molecule has 0 unspecified atom stereocenters. The molecule has 0 aliphatic rings. The fourth-order valence-corrected chi connectivity index (χ4v) is 3.27. The van der Waals surface area contributed by atoms with Crippen molar-refractivity contribution < 1.29 is 9.50 Å². The second kappa shape index (κ2) is 6.55. The summed E-state index contributed by atoms with van der Waals surface area (Å²) in [6.07, 6.45) is 3.54. The van der Waals surface area contributed by atoms with Crippen LogP contribution >= 0.6 is 11.5 Å². The van der Waals surface area contributed by atoms with Gasteiger partial charge in [-0.1, -0.05) is 11.3 Å². The van der Waals surface area contributed by atoms with Crippen molar-refractivity contribution in [3.05, 3.63) is 53.2 Å². The molecule has 0 spiro atoms. The Hall–Kier alpha value is -2.12. The summed E-state index contributed by atoms with van der Waals surface area (Å²) in [5.74, 6) is -0.360. The Morgan fingerprint density at radius 2 is 2.22 bits per heavy atom. The molecule has 2 heterocycles. The quantitative estimate of drug-likeness (QED) is 0.779. The minimum absolute atomic E-state index is 0.360. The number of halogens is 1. The first kappa shape index (κ1) is 15.8. The molecule has 0 bridgehead atoms. The van der Waals surface area contributed by atoms with E-state index in [1.54, 1.807) is 23.9 Å². The molecule has 0 radical (unpaired) electrons. The molecule has 1 aromatic carbocycles. The van der Waals surface area contributed by atoms with E-state index in [0.717, 1.165) is 28.2 Å². The largest absolute Gasteiger partial charge is 0.389 e. The van der Waals surface area contributed by atoms with Crippen LogP contribution < -0.4 is 0 Å². The number of aryl methyl sites for hydroxylation is 1. The van der Waals surface area contributed by atoms with E-state index >= 15 is 0 Å². The molecule has 3 aromatic rings. The summed E-state index contributed by atoms with van der Waals surface area (Å²) in [6, 6.07) is 4.46. The molecule has 0 aliphatic carbocycles. The molecule has 3 rings (SSSR count). The van der Waals surface area contributed by atoms with Crippen LogP contribution in [0.2, 0.25) is 0 Å². The molecule has 0 saturated heterocycles. The van der Waals surface area contributed by atoms with Gasteiger partial charge in [-0.25, -0.2) is 8.76 Å². The average Bonchev–Trinajstić information content (AvgIpc) is 3.17. The van der Waals surface area contributed by atoms with E-state index in [1.807, 2.05) is 13.1 Å². The summed E-state index contributed by atoms with van der Waals surface area (Å²) in [6.45, 7) is 4.40. The highest BCUT2D eigenvalue weighted by Crippen LogP contribution is 2.34. The Kier molecular flexibility index (Phi) is 4.49. The maximum atomic E-state index is 13.5. The Labute approximate surface area is 137 Å². The van der Waals surface area contributed by atoms with E-state index in [4.69, 9.17) is 0 Å². The van der Waals surface area contributed by atoms with Gasteiger partial charge in [-0.3, -0.25) is 4.68 Å². The molecule has 0 saturated carbocycles. The molecular formula is C16H17FN4OS. The zero-order valence-corrected chi connectivity index (χ0v) is 13.7. The zero-order chi connectivity index (χ0) is 16.4. The molecule has 1 atom stereocenters. The average molecular weight is 332 g/mol. The monoisotopic (exact) mass is 332 g/mol. The molecule has 2 aromatic heterocycles. The highest BCUT2D eigenvalue weighted by atomic mass is 32.1. The molecule has 0 fully saturated rings. The highest BCUT2D eigenvalue weighted by Gasteiger charge is 2.17. The standard InChI is InChI=1S/C16H17FN4OS/c1-3-21-9-13(19-20-21)6-11-8-18-23-16(11)14-5-4-12(17)7-15(14)10(2)22/h4-5,7-10,22H,3,6H2,1-2H3/t10-/m1/s1. The maximum absolute atomic E-state index is 13.5. The van der Waals surface area contributed by atoms with Gasteiger partial charge in [0.25, 0.3) is 0 Å². The van der Waals surface area contributed by atoms with Crippen LogP contribution in [0.25, 0.3) is 10.4 Å². The third kappa shape index (κ3) is 3.30. The van der Waals surface area contributed by atoms with E-state index in [1.165, 1.54) is 23.7 Å². The molecule has 1 N–H and O–H groups in total. The minimum Gasteiger partial charge on any atom is -0.389 e. The van der Waals surface area contributed by atoms with Crippen molar-refractivity contribution in [2.75, 3.05) is 0 Å². The van der Waals surface area contributed by atoms with Crippen molar-refractivity contribution in [2.24, 2.45) is 0 Å². The van der Waals surface area contributed by atoms with Crippen molar-refractivity contribution in [3.63, 3.8) is 0 Å². The molecule has 7 heteroatoms. The summed E-state index contributed by atoms with van der Waals surface area (Å²) in [4.78, 5) is 0.923. The summed E-state index contributed by atoms with van der Waals surface area (Å²) < 4.78 is 19.5. The normalized spacial score (nSPS) is 12.5. The number of hydrogen-bond donors (Lipinski definition) is 1. The number of benzene rings is 1. The summed E-state index contributed by atoms with van der Waals surface area (Å²) >= 11 is 1.33. The van der Waals surface area contributed by atoms with Crippen LogP contribution in [0.3, 0.4) is 0 Å². The van der Waals surface area contributed by atoms with Gasteiger partial charge in [-0.05, 0) is 54.2 Å². The van der Waals surface area contributed by atoms with Gasteiger partial charge in [0.1, 0.15) is 5.82 Å². The molecular weight excluding hydrogens is 315 g/mol. The predicted octanol–water partition coefficient (Wildman–Crippen LogP) is 3.20. The number of aliphatic hydroxyl groups is 1. The zero-order valence-electron chi connectivity index (χ0n) is 12.9. The second-order valence-electron chi connectivity index (χ2n) is 5.33. The van der Waals surface area contributed by atoms with E-state index in [9.17, 15) is 9.50 Å². The minimum atomic E-state index is -0.753. The Bertz CT molecular complexity index is 812. The first-order valence-electron chi connectivity index (χ1n) is 7.39. The molecule has 120 valence electrons. The number of nitrogens with zero attached hydrogens (tertiary/aromatic N) is 4. The number of rotatable bonds is 5. The van der Waals surface area contributed by atoms with Crippen LogP contribution in [-0.4, -0.2) is 24.5 Å². The summed E-state index contributed by atoms with van der Waals surface area (Å²) in [7, 11) is 0. The van der Waals surface area contributed by atoms with Gasteiger partial charge in [0, 0.05) is 25.4 Å². The van der Waals surface area contributed by atoms with Crippen molar-refractivity contribution >= 4 is 11.5 Å². The second-order valence-corrected chi connectivity index (χ2v) is 6.13. The summed E-state index contributed by atoms with van der Waals surface area (Å²) in [5.41, 5.74) is 3.22. The lowest BCUT2D eigenvalue weighted by molar-refractivity contribution is 0.199. The van der Waals surface area contributed by atoms with E-state index in [-0.39, 0.29) is 5.82 Å². The summed E-state index contributed by atoms with van der Waals surface area (Å²) in [5, 5.41) is 18.1. The van der Waals surface area contributed by atoms with E-state index in [0.29, 0.717) is 12.0 Å². The van der Waals surface area contributed by atoms with Crippen LogP contribution in [0, 0.1) is 5.82 Å². The molecule has 0 amide bonds. The molecule has 23 heavy (non-hydrogen) atoms. The SMILES string of the molecule is CCn1cc(Cc2cnsc2-c2ccc(F)cc2[C@@H](C)O)nn1. The Morgan fingerprint density at radius 3 is 2.91 bits per heavy atom. The molecule has 0 aliphatic heterocycles. The van der Waals surface area contributed by atoms with Gasteiger partial charge in [0.05, 0.1) is 16.7 Å².